The summed E-state index contributed by atoms with van der Waals surface area (Å²) in [5.74, 6) is -0.859. The number of para-hydroxylation sites is 1. The number of fused-ring (bicyclic) bond motifs is 3. The van der Waals surface area contributed by atoms with Crippen molar-refractivity contribution < 1.29 is 9.59 Å². The molecule has 0 unspecified atom stereocenters. The molecule has 2 aromatic carbocycles. The Balaban J connectivity index is 1.81. The Morgan fingerprint density at radius 1 is 0.786 bits per heavy atom. The van der Waals surface area contributed by atoms with E-state index in [9.17, 15) is 9.59 Å². The fourth-order valence-electron chi connectivity index (χ4n) is 3.90. The Morgan fingerprint density at radius 2 is 1.46 bits per heavy atom. The highest BCUT2D eigenvalue weighted by Crippen LogP contribution is 2.37. The fraction of sp³-hybridized carbons (Fsp3) is 0.292. The molecule has 1 aromatic heterocycles. The van der Waals surface area contributed by atoms with Crippen molar-refractivity contribution >= 4 is 11.6 Å². The highest BCUT2D eigenvalue weighted by molar-refractivity contribution is 6.53. The first kappa shape index (κ1) is 18.4. The number of unbranched alkanes of at least 4 members (excludes halogenated alkanes) is 4. The lowest BCUT2D eigenvalue weighted by Crippen LogP contribution is -2.22. The van der Waals surface area contributed by atoms with Crippen molar-refractivity contribution in [2.75, 3.05) is 0 Å². The fourth-order valence-corrected chi connectivity index (χ4v) is 3.90. The lowest BCUT2D eigenvalue weighted by Gasteiger charge is -2.17. The van der Waals surface area contributed by atoms with Crippen molar-refractivity contribution in [3.05, 3.63) is 71.4 Å². The van der Waals surface area contributed by atoms with E-state index < -0.39 is 11.6 Å². The van der Waals surface area contributed by atoms with Crippen molar-refractivity contribution in [2.45, 2.75) is 45.4 Å². The molecule has 4 rings (SSSR count). The van der Waals surface area contributed by atoms with Gasteiger partial charge in [-0.25, -0.2) is 4.68 Å². The Kier molecular flexibility index (Phi) is 5.20. The van der Waals surface area contributed by atoms with Gasteiger partial charge in [0.25, 0.3) is 0 Å². The Hall–Kier alpha value is -3.01. The third-order valence-corrected chi connectivity index (χ3v) is 5.34. The molecule has 0 bridgehead atoms. The number of nitrogens with zero attached hydrogens (tertiary/aromatic N) is 2. The van der Waals surface area contributed by atoms with Gasteiger partial charge in [-0.2, -0.15) is 5.10 Å². The number of aryl methyl sites for hydroxylation is 1. The Bertz CT molecular complexity index is 1020. The van der Waals surface area contributed by atoms with Crippen LogP contribution >= 0.6 is 0 Å². The summed E-state index contributed by atoms with van der Waals surface area (Å²) in [4.78, 5) is 25.7. The van der Waals surface area contributed by atoms with Crippen LogP contribution in [-0.2, 0) is 6.42 Å². The molecule has 28 heavy (non-hydrogen) atoms. The van der Waals surface area contributed by atoms with Crippen molar-refractivity contribution in [3.8, 4) is 16.9 Å². The molecule has 4 heteroatoms. The molecule has 1 heterocycles. The molecule has 0 saturated carbocycles. The van der Waals surface area contributed by atoms with Crippen LogP contribution in [0.3, 0.4) is 0 Å². The third-order valence-electron chi connectivity index (χ3n) is 5.34. The van der Waals surface area contributed by atoms with Crippen LogP contribution in [0.4, 0.5) is 0 Å². The molecule has 0 aliphatic heterocycles. The SMILES string of the molecule is CCCCCCCc1nn(-c2ccccc2)c2c1C(=O)C(=O)c1ccccc1-2. The van der Waals surface area contributed by atoms with Gasteiger partial charge >= 0.3 is 0 Å². The molecule has 0 saturated heterocycles. The standard InChI is InChI=1S/C24H24N2O2/c1-2-3-4-5-9-16-20-21-22(26(25-20)17-12-7-6-8-13-17)18-14-10-11-15-19(18)23(27)24(21)28/h6-8,10-15H,2-5,9,16H2,1H3. The van der Waals surface area contributed by atoms with Crippen LogP contribution in [0.2, 0.25) is 0 Å². The lowest BCUT2D eigenvalue weighted by atomic mass is 9.86. The highest BCUT2D eigenvalue weighted by Gasteiger charge is 2.36. The second-order valence-corrected chi connectivity index (χ2v) is 7.29. The summed E-state index contributed by atoms with van der Waals surface area (Å²) >= 11 is 0. The molecule has 0 N–H and O–H groups in total. The maximum Gasteiger partial charge on any atom is 0.237 e. The van der Waals surface area contributed by atoms with Crippen LogP contribution in [0.5, 0.6) is 0 Å². The van der Waals surface area contributed by atoms with E-state index in [0.29, 0.717) is 17.5 Å². The molecule has 3 aromatic rings. The second-order valence-electron chi connectivity index (χ2n) is 7.29. The highest BCUT2D eigenvalue weighted by atomic mass is 16.2. The molecule has 1 aliphatic rings. The minimum absolute atomic E-state index is 0.428. The molecule has 1 aliphatic carbocycles. The van der Waals surface area contributed by atoms with Gasteiger partial charge in [-0.3, -0.25) is 9.59 Å². The first-order chi connectivity index (χ1) is 13.7. The predicted molar refractivity (Wildman–Crippen MR) is 110 cm³/mol. The summed E-state index contributed by atoms with van der Waals surface area (Å²) < 4.78 is 1.83. The summed E-state index contributed by atoms with van der Waals surface area (Å²) in [6.45, 7) is 2.19. The normalized spacial score (nSPS) is 12.8. The minimum atomic E-state index is -0.431. The van der Waals surface area contributed by atoms with Crippen LogP contribution in [0.15, 0.2) is 54.6 Å². The number of Topliss-reactive ketones (excluding diaryl/α,β-unsaturated/α-hetero) is 2. The maximum absolute atomic E-state index is 13.0. The van der Waals surface area contributed by atoms with Gasteiger partial charge in [0.1, 0.15) is 0 Å². The van der Waals surface area contributed by atoms with Crippen LogP contribution in [0, 0.1) is 0 Å². The summed E-state index contributed by atoms with van der Waals surface area (Å²) in [6, 6.07) is 17.1. The van der Waals surface area contributed by atoms with Crippen molar-refractivity contribution in [1.29, 1.82) is 0 Å². The van der Waals surface area contributed by atoms with Crippen molar-refractivity contribution in [2.24, 2.45) is 0 Å². The zero-order valence-electron chi connectivity index (χ0n) is 16.1. The first-order valence-corrected chi connectivity index (χ1v) is 10.1. The number of hydrogen-bond donors (Lipinski definition) is 0. The number of rotatable bonds is 7. The Morgan fingerprint density at radius 3 is 2.21 bits per heavy atom. The second kappa shape index (κ2) is 7.93. The largest absolute Gasteiger partial charge is 0.285 e. The van der Waals surface area contributed by atoms with E-state index in [1.165, 1.54) is 19.3 Å². The van der Waals surface area contributed by atoms with Gasteiger partial charge in [-0.05, 0) is 25.0 Å². The molecule has 0 amide bonds. The molecule has 4 nitrogen and oxygen atoms in total. The average molecular weight is 372 g/mol. The molecule has 0 fully saturated rings. The molecule has 0 atom stereocenters. The predicted octanol–water partition coefficient (Wildman–Crippen LogP) is 5.43. The van der Waals surface area contributed by atoms with E-state index in [-0.39, 0.29) is 0 Å². The van der Waals surface area contributed by atoms with Gasteiger partial charge in [0.2, 0.25) is 11.6 Å². The van der Waals surface area contributed by atoms with Gasteiger partial charge in [0.05, 0.1) is 22.6 Å². The van der Waals surface area contributed by atoms with Crippen LogP contribution < -0.4 is 0 Å². The van der Waals surface area contributed by atoms with Gasteiger partial charge in [-0.1, -0.05) is 75.1 Å². The van der Waals surface area contributed by atoms with Crippen molar-refractivity contribution in [3.63, 3.8) is 0 Å². The zero-order valence-corrected chi connectivity index (χ0v) is 16.1. The number of ketones is 2. The summed E-state index contributed by atoms with van der Waals surface area (Å²) in [7, 11) is 0. The molecule has 0 spiro atoms. The number of carbonyl (C=O) groups excluding carboxylic acids is 2. The summed E-state index contributed by atoms with van der Waals surface area (Å²) in [6.07, 6.45) is 6.41. The lowest BCUT2D eigenvalue weighted by molar-refractivity contribution is 0.0814. The quantitative estimate of drug-likeness (QED) is 0.410. The minimum Gasteiger partial charge on any atom is -0.285 e. The monoisotopic (exact) mass is 372 g/mol. The number of hydrogen-bond acceptors (Lipinski definition) is 3. The van der Waals surface area contributed by atoms with Crippen LogP contribution in [0.25, 0.3) is 16.9 Å². The number of benzene rings is 2. The topological polar surface area (TPSA) is 52.0 Å². The smallest absolute Gasteiger partial charge is 0.237 e. The van der Waals surface area contributed by atoms with E-state index in [1.54, 1.807) is 12.1 Å². The summed E-state index contributed by atoms with van der Waals surface area (Å²) in [5.41, 5.74) is 4.12. The Labute approximate surface area is 165 Å². The van der Waals surface area contributed by atoms with E-state index in [4.69, 9.17) is 5.10 Å². The number of carbonyl (C=O) groups is 2. The maximum atomic E-state index is 13.0. The molecule has 142 valence electrons. The number of aromatic nitrogens is 2. The average Bonchev–Trinajstić information content (AvgIpc) is 3.12. The van der Waals surface area contributed by atoms with E-state index in [1.807, 2.05) is 47.1 Å². The molecular formula is C24H24N2O2. The molecular weight excluding hydrogens is 348 g/mol. The van der Waals surface area contributed by atoms with E-state index in [2.05, 4.69) is 6.92 Å². The van der Waals surface area contributed by atoms with E-state index >= 15 is 0 Å². The van der Waals surface area contributed by atoms with E-state index in [0.717, 1.165) is 35.5 Å². The van der Waals surface area contributed by atoms with Gasteiger partial charge in [0, 0.05) is 11.1 Å². The zero-order chi connectivity index (χ0) is 19.5. The van der Waals surface area contributed by atoms with Gasteiger partial charge in [0.15, 0.2) is 0 Å². The van der Waals surface area contributed by atoms with Gasteiger partial charge < -0.3 is 0 Å². The molecule has 0 radical (unpaired) electrons. The first-order valence-electron chi connectivity index (χ1n) is 10.1. The third kappa shape index (κ3) is 3.19. The van der Waals surface area contributed by atoms with Crippen LogP contribution in [-0.4, -0.2) is 21.3 Å². The van der Waals surface area contributed by atoms with Gasteiger partial charge in [-0.15, -0.1) is 0 Å². The van der Waals surface area contributed by atoms with Crippen LogP contribution in [0.1, 0.15) is 65.4 Å². The summed E-state index contributed by atoms with van der Waals surface area (Å²) in [5, 5.41) is 4.81. The van der Waals surface area contributed by atoms with Crippen molar-refractivity contribution in [1.82, 2.24) is 9.78 Å².